The van der Waals surface area contributed by atoms with Gasteiger partial charge >= 0.3 is 0 Å². The first-order chi connectivity index (χ1) is 12.7. The second-order valence-corrected chi connectivity index (χ2v) is 7.53. The third-order valence-electron chi connectivity index (χ3n) is 5.69. The van der Waals surface area contributed by atoms with E-state index >= 15 is 0 Å². The van der Waals surface area contributed by atoms with Crippen molar-refractivity contribution in [3.8, 4) is 0 Å². The van der Waals surface area contributed by atoms with E-state index in [0.29, 0.717) is 11.9 Å². The minimum atomic E-state index is 0.314. The maximum Gasteiger partial charge on any atom is 0.222 e. The predicted octanol–water partition coefficient (Wildman–Crippen LogP) is 3.01. The molecule has 1 fully saturated rings. The largest absolute Gasteiger partial charge is 0.343 e. The van der Waals surface area contributed by atoms with Crippen LogP contribution in [0.25, 0.3) is 0 Å². The Labute approximate surface area is 155 Å². The molecule has 1 amide bonds. The highest BCUT2D eigenvalue weighted by atomic mass is 16.2. The fourth-order valence-electron chi connectivity index (χ4n) is 4.18. The Bertz CT molecular complexity index is 752. The minimum absolute atomic E-state index is 0.314. The van der Waals surface area contributed by atoms with Crippen LogP contribution in [0, 0.1) is 0 Å². The zero-order valence-corrected chi connectivity index (χ0v) is 15.6. The fourth-order valence-corrected chi connectivity index (χ4v) is 4.18. The van der Waals surface area contributed by atoms with Gasteiger partial charge in [-0.05, 0) is 36.5 Å². The fraction of sp³-hybridized carbons (Fsp3) is 0.524. The van der Waals surface area contributed by atoms with Crippen molar-refractivity contribution in [2.45, 2.75) is 51.7 Å². The van der Waals surface area contributed by atoms with Crippen molar-refractivity contribution in [1.82, 2.24) is 19.6 Å². The molecule has 5 nitrogen and oxygen atoms in total. The molecule has 0 saturated carbocycles. The molecule has 5 heteroatoms. The molecule has 1 saturated heterocycles. The molecule has 1 atom stereocenters. The highest BCUT2D eigenvalue weighted by Gasteiger charge is 2.27. The van der Waals surface area contributed by atoms with Crippen molar-refractivity contribution in [3.63, 3.8) is 0 Å². The van der Waals surface area contributed by atoms with Crippen LogP contribution in [-0.2, 0) is 24.3 Å². The standard InChI is InChI=1S/C21H28N4O/c1-2-17-5-7-18(8-6-17)14-23-15-19-9-11-22-25(19)20(16-23)10-13-24-12-3-4-21(24)26/h5-9,11,20H,2-4,10,12-16H2,1H3/t20-/m1/s1. The summed E-state index contributed by atoms with van der Waals surface area (Å²) in [4.78, 5) is 16.4. The van der Waals surface area contributed by atoms with Crippen molar-refractivity contribution in [1.29, 1.82) is 0 Å². The average Bonchev–Trinajstić information content (AvgIpc) is 3.29. The Morgan fingerprint density at radius 1 is 1.15 bits per heavy atom. The number of aromatic nitrogens is 2. The number of carbonyl (C=O) groups is 1. The highest BCUT2D eigenvalue weighted by molar-refractivity contribution is 5.78. The van der Waals surface area contributed by atoms with E-state index in [4.69, 9.17) is 0 Å². The average molecular weight is 352 g/mol. The third-order valence-corrected chi connectivity index (χ3v) is 5.69. The maximum absolute atomic E-state index is 11.9. The van der Waals surface area contributed by atoms with Gasteiger partial charge in [-0.1, -0.05) is 31.2 Å². The van der Waals surface area contributed by atoms with Gasteiger partial charge < -0.3 is 4.90 Å². The Kier molecular flexibility index (Phi) is 5.07. The first-order valence-corrected chi connectivity index (χ1v) is 9.83. The first kappa shape index (κ1) is 17.3. The summed E-state index contributed by atoms with van der Waals surface area (Å²) in [6, 6.07) is 11.4. The van der Waals surface area contributed by atoms with Crippen LogP contribution in [0.1, 0.15) is 49.0 Å². The van der Waals surface area contributed by atoms with Crippen LogP contribution in [0.2, 0.25) is 0 Å². The van der Waals surface area contributed by atoms with Crippen molar-refractivity contribution < 1.29 is 4.79 Å². The molecular formula is C21H28N4O. The number of rotatable bonds is 6. The summed E-state index contributed by atoms with van der Waals surface area (Å²) in [7, 11) is 0. The maximum atomic E-state index is 11.9. The van der Waals surface area contributed by atoms with Crippen molar-refractivity contribution in [2.75, 3.05) is 19.6 Å². The topological polar surface area (TPSA) is 41.4 Å². The lowest BCUT2D eigenvalue weighted by molar-refractivity contribution is -0.127. The second kappa shape index (κ2) is 7.62. The lowest BCUT2D eigenvalue weighted by Gasteiger charge is -2.34. The molecule has 0 bridgehead atoms. The van der Waals surface area contributed by atoms with Gasteiger partial charge in [0.15, 0.2) is 0 Å². The van der Waals surface area contributed by atoms with Gasteiger partial charge in [0.1, 0.15) is 0 Å². The highest BCUT2D eigenvalue weighted by Crippen LogP contribution is 2.25. The van der Waals surface area contributed by atoms with E-state index in [9.17, 15) is 4.79 Å². The molecule has 2 aliphatic rings. The minimum Gasteiger partial charge on any atom is -0.343 e. The molecule has 1 aromatic carbocycles. The normalized spacial score (nSPS) is 20.6. The molecule has 4 rings (SSSR count). The van der Waals surface area contributed by atoms with E-state index in [-0.39, 0.29) is 0 Å². The van der Waals surface area contributed by atoms with E-state index in [1.54, 1.807) is 0 Å². The Hall–Kier alpha value is -2.14. The van der Waals surface area contributed by atoms with Gasteiger partial charge in [0.2, 0.25) is 5.91 Å². The molecule has 0 spiro atoms. The molecule has 0 aliphatic carbocycles. The zero-order chi connectivity index (χ0) is 17.9. The number of aryl methyl sites for hydroxylation is 1. The van der Waals surface area contributed by atoms with Gasteiger partial charge in [-0.3, -0.25) is 14.4 Å². The Morgan fingerprint density at radius 3 is 2.69 bits per heavy atom. The monoisotopic (exact) mass is 352 g/mol. The van der Waals surface area contributed by atoms with Crippen LogP contribution in [0.3, 0.4) is 0 Å². The van der Waals surface area contributed by atoms with Crippen LogP contribution in [0.5, 0.6) is 0 Å². The Balaban J connectivity index is 1.42. The van der Waals surface area contributed by atoms with Crippen LogP contribution >= 0.6 is 0 Å². The van der Waals surface area contributed by atoms with Crippen LogP contribution in [0.4, 0.5) is 0 Å². The van der Waals surface area contributed by atoms with Crippen molar-refractivity contribution in [3.05, 3.63) is 53.3 Å². The van der Waals surface area contributed by atoms with Gasteiger partial charge in [0.25, 0.3) is 0 Å². The summed E-state index contributed by atoms with van der Waals surface area (Å²) in [6.07, 6.45) is 5.70. The summed E-state index contributed by atoms with van der Waals surface area (Å²) in [5.41, 5.74) is 4.03. The molecule has 3 heterocycles. The number of nitrogens with zero attached hydrogens (tertiary/aromatic N) is 4. The van der Waals surface area contributed by atoms with Crippen LogP contribution in [-0.4, -0.2) is 45.1 Å². The van der Waals surface area contributed by atoms with E-state index in [2.05, 4.69) is 51.9 Å². The molecule has 2 aliphatic heterocycles. The number of likely N-dealkylation sites (tertiary alicyclic amines) is 1. The van der Waals surface area contributed by atoms with Gasteiger partial charge in [0.05, 0.1) is 11.7 Å². The number of benzene rings is 1. The summed E-state index contributed by atoms with van der Waals surface area (Å²) in [5.74, 6) is 0.314. The molecule has 26 heavy (non-hydrogen) atoms. The quantitative estimate of drug-likeness (QED) is 0.802. The molecule has 0 N–H and O–H groups in total. The van der Waals surface area contributed by atoms with Gasteiger partial charge in [-0.25, -0.2) is 0 Å². The van der Waals surface area contributed by atoms with Crippen LogP contribution < -0.4 is 0 Å². The number of carbonyl (C=O) groups excluding carboxylic acids is 1. The Morgan fingerprint density at radius 2 is 1.96 bits per heavy atom. The third kappa shape index (κ3) is 3.68. The van der Waals surface area contributed by atoms with Crippen LogP contribution in [0.15, 0.2) is 36.5 Å². The number of hydrogen-bond acceptors (Lipinski definition) is 3. The summed E-state index contributed by atoms with van der Waals surface area (Å²) in [5, 5.41) is 4.55. The number of amides is 1. The first-order valence-electron chi connectivity index (χ1n) is 9.83. The number of fused-ring (bicyclic) bond motifs is 1. The zero-order valence-electron chi connectivity index (χ0n) is 15.6. The van der Waals surface area contributed by atoms with Gasteiger partial charge in [0, 0.05) is 45.3 Å². The summed E-state index contributed by atoms with van der Waals surface area (Å²) in [6.45, 7) is 6.86. The van der Waals surface area contributed by atoms with Gasteiger partial charge in [-0.15, -0.1) is 0 Å². The van der Waals surface area contributed by atoms with E-state index in [0.717, 1.165) is 58.4 Å². The summed E-state index contributed by atoms with van der Waals surface area (Å²) < 4.78 is 2.18. The lowest BCUT2D eigenvalue weighted by atomic mass is 10.1. The SMILES string of the molecule is CCc1ccc(CN2Cc3ccnn3[C@H](CCN3CCCC3=O)C2)cc1. The van der Waals surface area contributed by atoms with Crippen molar-refractivity contribution in [2.24, 2.45) is 0 Å². The second-order valence-electron chi connectivity index (χ2n) is 7.53. The van der Waals surface area contributed by atoms with Crippen molar-refractivity contribution >= 4 is 5.91 Å². The molecule has 0 unspecified atom stereocenters. The molecule has 2 aromatic rings. The van der Waals surface area contributed by atoms with E-state index < -0.39 is 0 Å². The van der Waals surface area contributed by atoms with E-state index in [1.165, 1.54) is 16.8 Å². The molecular weight excluding hydrogens is 324 g/mol. The molecule has 0 radical (unpaired) electrons. The van der Waals surface area contributed by atoms with Gasteiger partial charge in [-0.2, -0.15) is 5.10 Å². The predicted molar refractivity (Wildman–Crippen MR) is 102 cm³/mol. The number of hydrogen-bond donors (Lipinski definition) is 0. The molecule has 138 valence electrons. The van der Waals surface area contributed by atoms with E-state index in [1.807, 2.05) is 11.1 Å². The molecule has 1 aromatic heterocycles. The smallest absolute Gasteiger partial charge is 0.222 e. The summed E-state index contributed by atoms with van der Waals surface area (Å²) >= 11 is 0. The lowest BCUT2D eigenvalue weighted by Crippen LogP contribution is -2.39.